The van der Waals surface area contributed by atoms with Crippen molar-refractivity contribution in [3.05, 3.63) is 18.2 Å². The highest BCUT2D eigenvalue weighted by molar-refractivity contribution is 7.80. The third-order valence-electron chi connectivity index (χ3n) is 2.98. The van der Waals surface area contributed by atoms with Gasteiger partial charge < -0.3 is 19.5 Å². The molecule has 1 saturated heterocycles. The average molecular weight is 267 g/mol. The summed E-state index contributed by atoms with van der Waals surface area (Å²) in [7, 11) is 3.25. The topological polar surface area (TPSA) is 39.7 Å². The average Bonchev–Trinajstić information content (AvgIpc) is 2.93. The molecule has 1 unspecified atom stereocenters. The highest BCUT2D eigenvalue weighted by Crippen LogP contribution is 2.35. The van der Waals surface area contributed by atoms with Crippen LogP contribution < -0.4 is 14.8 Å². The van der Waals surface area contributed by atoms with E-state index >= 15 is 0 Å². The minimum atomic E-state index is 0.273. The Labute approximate surface area is 112 Å². The van der Waals surface area contributed by atoms with Gasteiger partial charge in [0, 0.05) is 12.5 Å². The van der Waals surface area contributed by atoms with E-state index in [-0.39, 0.29) is 5.92 Å². The van der Waals surface area contributed by atoms with Crippen LogP contribution in [0, 0.1) is 5.92 Å². The van der Waals surface area contributed by atoms with E-state index in [0.717, 1.165) is 35.2 Å². The van der Waals surface area contributed by atoms with E-state index in [4.69, 9.17) is 26.4 Å². The number of thiocarbonyl (C=S) groups is 1. The molecule has 1 heterocycles. The maximum absolute atomic E-state index is 5.41. The summed E-state index contributed by atoms with van der Waals surface area (Å²) in [6, 6.07) is 5.63. The van der Waals surface area contributed by atoms with E-state index in [1.54, 1.807) is 14.2 Å². The lowest BCUT2D eigenvalue weighted by Crippen LogP contribution is -2.21. The Hall–Kier alpha value is -1.33. The summed E-state index contributed by atoms with van der Waals surface area (Å²) in [6.45, 7) is 1.46. The van der Waals surface area contributed by atoms with Gasteiger partial charge in [0.25, 0.3) is 0 Å². The second-order valence-corrected chi connectivity index (χ2v) is 4.53. The number of nitrogens with one attached hydrogen (secondary N) is 1. The number of hydrogen-bond acceptors (Lipinski definition) is 4. The normalized spacial score (nSPS) is 18.4. The Morgan fingerprint density at radius 1 is 1.33 bits per heavy atom. The van der Waals surface area contributed by atoms with Crippen LogP contribution in [-0.4, -0.2) is 32.4 Å². The first-order valence-corrected chi connectivity index (χ1v) is 6.26. The molecule has 0 saturated carbocycles. The summed E-state index contributed by atoms with van der Waals surface area (Å²) in [5.41, 5.74) is 0.777. The zero-order valence-corrected chi connectivity index (χ0v) is 11.4. The second kappa shape index (κ2) is 6.02. The molecular weight excluding hydrogens is 250 g/mol. The van der Waals surface area contributed by atoms with E-state index in [2.05, 4.69) is 5.32 Å². The van der Waals surface area contributed by atoms with Crippen LogP contribution >= 0.6 is 12.2 Å². The summed E-state index contributed by atoms with van der Waals surface area (Å²) >= 11 is 5.41. The standard InChI is InChI=1S/C13H17NO3S/c1-15-10-4-3-5-11(16-2)12(10)14-13(18)9-6-7-17-8-9/h3-5,9H,6-8H2,1-2H3,(H,14,18). The van der Waals surface area contributed by atoms with Crippen LogP contribution in [0.2, 0.25) is 0 Å². The molecule has 0 bridgehead atoms. The molecule has 18 heavy (non-hydrogen) atoms. The van der Waals surface area contributed by atoms with Crippen molar-refractivity contribution in [2.45, 2.75) is 6.42 Å². The van der Waals surface area contributed by atoms with E-state index in [9.17, 15) is 0 Å². The molecule has 0 radical (unpaired) electrons. The van der Waals surface area contributed by atoms with Crippen molar-refractivity contribution in [1.29, 1.82) is 0 Å². The third-order valence-corrected chi connectivity index (χ3v) is 3.41. The molecule has 1 aromatic rings. The lowest BCUT2D eigenvalue weighted by molar-refractivity contribution is 0.193. The van der Waals surface area contributed by atoms with Crippen molar-refractivity contribution >= 4 is 22.9 Å². The molecule has 0 aromatic heterocycles. The third kappa shape index (κ3) is 2.73. The van der Waals surface area contributed by atoms with Gasteiger partial charge in [0.15, 0.2) is 0 Å². The second-order valence-electron chi connectivity index (χ2n) is 4.09. The fraction of sp³-hybridized carbons (Fsp3) is 0.462. The van der Waals surface area contributed by atoms with Gasteiger partial charge in [-0.15, -0.1) is 0 Å². The van der Waals surface area contributed by atoms with Crippen LogP contribution in [-0.2, 0) is 4.74 Å². The van der Waals surface area contributed by atoms with Crippen LogP contribution in [0.25, 0.3) is 0 Å². The first kappa shape index (κ1) is 13.1. The van der Waals surface area contributed by atoms with Crippen LogP contribution in [0.4, 0.5) is 5.69 Å². The number of anilines is 1. The number of methoxy groups -OCH3 is 2. The van der Waals surface area contributed by atoms with Gasteiger partial charge in [-0.3, -0.25) is 0 Å². The molecular formula is C13H17NO3S. The fourth-order valence-corrected chi connectivity index (χ4v) is 2.23. The van der Waals surface area contributed by atoms with Gasteiger partial charge in [0.1, 0.15) is 17.2 Å². The van der Waals surface area contributed by atoms with Gasteiger partial charge in [0.2, 0.25) is 0 Å². The summed E-state index contributed by atoms with van der Waals surface area (Å²) in [6.07, 6.45) is 0.962. The molecule has 98 valence electrons. The fourth-order valence-electron chi connectivity index (χ4n) is 1.94. The zero-order valence-electron chi connectivity index (χ0n) is 10.6. The van der Waals surface area contributed by atoms with Crippen molar-refractivity contribution in [3.8, 4) is 11.5 Å². The summed E-state index contributed by atoms with van der Waals surface area (Å²) < 4.78 is 16.0. The molecule has 0 spiro atoms. The molecule has 1 aromatic carbocycles. The van der Waals surface area contributed by atoms with E-state index < -0.39 is 0 Å². The van der Waals surface area contributed by atoms with Gasteiger partial charge >= 0.3 is 0 Å². The molecule has 4 nitrogen and oxygen atoms in total. The first-order valence-electron chi connectivity index (χ1n) is 5.86. The minimum absolute atomic E-state index is 0.273. The van der Waals surface area contributed by atoms with Crippen LogP contribution in [0.1, 0.15) is 6.42 Å². The van der Waals surface area contributed by atoms with Crippen molar-refractivity contribution in [1.82, 2.24) is 0 Å². The van der Waals surface area contributed by atoms with Gasteiger partial charge in [-0.05, 0) is 18.6 Å². The molecule has 5 heteroatoms. The summed E-state index contributed by atoms with van der Waals surface area (Å²) in [5.74, 6) is 1.71. The zero-order chi connectivity index (χ0) is 13.0. The molecule has 2 rings (SSSR count). The number of ether oxygens (including phenoxy) is 3. The van der Waals surface area contributed by atoms with Crippen molar-refractivity contribution < 1.29 is 14.2 Å². The number of rotatable bonds is 4. The van der Waals surface area contributed by atoms with Crippen LogP contribution in [0.5, 0.6) is 11.5 Å². The van der Waals surface area contributed by atoms with E-state index in [0.29, 0.717) is 6.61 Å². The quantitative estimate of drug-likeness (QED) is 0.849. The van der Waals surface area contributed by atoms with Gasteiger partial charge in [-0.2, -0.15) is 0 Å². The Morgan fingerprint density at radius 3 is 2.50 bits per heavy atom. The van der Waals surface area contributed by atoms with Gasteiger partial charge in [-0.25, -0.2) is 0 Å². The number of para-hydroxylation sites is 1. The Bertz CT molecular complexity index is 408. The highest BCUT2D eigenvalue weighted by atomic mass is 32.1. The van der Waals surface area contributed by atoms with Crippen molar-refractivity contribution in [2.24, 2.45) is 5.92 Å². The summed E-state index contributed by atoms with van der Waals surface area (Å²) in [5, 5.41) is 3.22. The van der Waals surface area contributed by atoms with Gasteiger partial charge in [-0.1, -0.05) is 18.3 Å². The van der Waals surface area contributed by atoms with Crippen LogP contribution in [0.3, 0.4) is 0 Å². The lowest BCUT2D eigenvalue weighted by Gasteiger charge is -2.17. The predicted octanol–water partition coefficient (Wildman–Crippen LogP) is 2.48. The molecule has 1 aliphatic rings. The Morgan fingerprint density at radius 2 is 2.00 bits per heavy atom. The van der Waals surface area contributed by atoms with Gasteiger partial charge in [0.05, 0.1) is 25.8 Å². The maximum Gasteiger partial charge on any atom is 0.146 e. The first-order chi connectivity index (χ1) is 8.76. The molecule has 1 aliphatic heterocycles. The predicted molar refractivity (Wildman–Crippen MR) is 74.7 cm³/mol. The van der Waals surface area contributed by atoms with E-state index in [1.165, 1.54) is 0 Å². The Balaban J connectivity index is 2.18. The SMILES string of the molecule is COc1cccc(OC)c1NC(=S)C1CCOC1. The summed E-state index contributed by atoms with van der Waals surface area (Å²) in [4.78, 5) is 0.773. The molecule has 1 fully saturated rings. The van der Waals surface area contributed by atoms with Crippen molar-refractivity contribution in [3.63, 3.8) is 0 Å². The van der Waals surface area contributed by atoms with E-state index in [1.807, 2.05) is 18.2 Å². The molecule has 0 aliphatic carbocycles. The number of hydrogen-bond donors (Lipinski definition) is 1. The molecule has 0 amide bonds. The maximum atomic E-state index is 5.41. The monoisotopic (exact) mass is 267 g/mol. The molecule has 1 atom stereocenters. The highest BCUT2D eigenvalue weighted by Gasteiger charge is 2.22. The van der Waals surface area contributed by atoms with Crippen molar-refractivity contribution in [2.75, 3.05) is 32.8 Å². The molecule has 1 N–H and O–H groups in total. The minimum Gasteiger partial charge on any atom is -0.494 e. The lowest BCUT2D eigenvalue weighted by atomic mass is 10.1. The Kier molecular flexibility index (Phi) is 4.38. The van der Waals surface area contributed by atoms with Crippen LogP contribution in [0.15, 0.2) is 18.2 Å². The number of benzene rings is 1. The smallest absolute Gasteiger partial charge is 0.146 e. The largest absolute Gasteiger partial charge is 0.494 e.